The average Bonchev–Trinajstić information content (AvgIpc) is 3.62. The Hall–Kier alpha value is -6.50. The van der Waals surface area contributed by atoms with E-state index in [1.54, 1.807) is 40.9 Å². The fourth-order valence-corrected chi connectivity index (χ4v) is 7.30. The van der Waals surface area contributed by atoms with E-state index < -0.39 is 11.7 Å². The van der Waals surface area contributed by atoms with Gasteiger partial charge < -0.3 is 37.9 Å². The zero-order chi connectivity index (χ0) is 38.8. The molecule has 13 heteroatoms. The molecule has 12 nitrogen and oxygen atoms in total. The van der Waals surface area contributed by atoms with Gasteiger partial charge in [0.2, 0.25) is 17.3 Å². The Morgan fingerprint density at radius 2 is 1.29 bits per heavy atom. The molecule has 3 heterocycles. The first-order valence-electron chi connectivity index (χ1n) is 17.7. The third kappa shape index (κ3) is 6.55. The van der Waals surface area contributed by atoms with Crippen LogP contribution in [0.3, 0.4) is 0 Å². The summed E-state index contributed by atoms with van der Waals surface area (Å²) in [5.74, 6) is 1.35. The van der Waals surface area contributed by atoms with Crippen molar-refractivity contribution in [2.75, 3.05) is 47.6 Å². The lowest BCUT2D eigenvalue weighted by molar-refractivity contribution is 0.0981. The Morgan fingerprint density at radius 3 is 1.84 bits per heavy atom. The van der Waals surface area contributed by atoms with E-state index in [1.807, 2.05) is 30.3 Å². The smallest absolute Gasteiger partial charge is 0.258 e. The summed E-state index contributed by atoms with van der Waals surface area (Å²) in [6.45, 7) is 0.582. The van der Waals surface area contributed by atoms with E-state index in [4.69, 9.17) is 33.5 Å². The van der Waals surface area contributed by atoms with E-state index in [0.717, 1.165) is 35.2 Å². The monoisotopic (exact) mass is 748 g/mol. The third-order valence-corrected chi connectivity index (χ3v) is 9.86. The molecule has 55 heavy (non-hydrogen) atoms. The van der Waals surface area contributed by atoms with E-state index in [-0.39, 0.29) is 17.9 Å². The number of halogens is 1. The quantitative estimate of drug-likeness (QED) is 0.111. The molecule has 1 amide bonds. The van der Waals surface area contributed by atoms with Gasteiger partial charge in [0, 0.05) is 34.5 Å². The lowest BCUT2D eigenvalue weighted by atomic mass is 9.95. The number of hydrogen-bond acceptors (Lipinski definition) is 9. The Kier molecular flexibility index (Phi) is 10.4. The highest BCUT2D eigenvalue weighted by Gasteiger charge is 2.33. The van der Waals surface area contributed by atoms with Crippen molar-refractivity contribution in [3.05, 3.63) is 113 Å². The number of amides is 1. The first kappa shape index (κ1) is 36.8. The minimum Gasteiger partial charge on any atom is -0.493 e. The first-order chi connectivity index (χ1) is 26.8. The molecule has 6 aromatic rings. The molecule has 7 rings (SSSR count). The van der Waals surface area contributed by atoms with Gasteiger partial charge in [-0.05, 0) is 73.4 Å². The van der Waals surface area contributed by atoms with Crippen molar-refractivity contribution >= 4 is 23.0 Å². The zero-order valence-corrected chi connectivity index (χ0v) is 31.5. The summed E-state index contributed by atoms with van der Waals surface area (Å²) in [5, 5.41) is 5.13. The van der Waals surface area contributed by atoms with Crippen molar-refractivity contribution in [3.63, 3.8) is 0 Å². The molecule has 1 aliphatic rings. The van der Waals surface area contributed by atoms with Crippen molar-refractivity contribution < 1.29 is 42.4 Å². The highest BCUT2D eigenvalue weighted by molar-refractivity contribution is 6.14. The van der Waals surface area contributed by atoms with Crippen LogP contribution in [0.25, 0.3) is 16.8 Å². The van der Waals surface area contributed by atoms with Gasteiger partial charge in [-0.3, -0.25) is 9.59 Å². The summed E-state index contributed by atoms with van der Waals surface area (Å²) in [6, 6.07) is 21.9. The van der Waals surface area contributed by atoms with Gasteiger partial charge in [0.25, 0.3) is 5.91 Å². The molecule has 0 radical (unpaired) electrons. The fraction of sp³-hybridized carbons (Fsp3) is 0.262. The molecule has 0 spiro atoms. The Morgan fingerprint density at radius 1 is 0.727 bits per heavy atom. The molecule has 284 valence electrons. The molecule has 2 aromatic heterocycles. The van der Waals surface area contributed by atoms with Crippen LogP contribution in [-0.4, -0.2) is 68.5 Å². The number of carbonyl (C=O) groups excluding carboxylic acids is 2. The second-order valence-electron chi connectivity index (χ2n) is 12.9. The van der Waals surface area contributed by atoms with Crippen LogP contribution in [0.1, 0.15) is 50.6 Å². The summed E-state index contributed by atoms with van der Waals surface area (Å²) < 4.78 is 51.4. The summed E-state index contributed by atoms with van der Waals surface area (Å²) in [5.41, 5.74) is 4.76. The Labute approximate surface area is 317 Å². The molecule has 0 N–H and O–H groups in total. The molecule has 0 fully saturated rings. The average molecular weight is 749 g/mol. The van der Waals surface area contributed by atoms with E-state index >= 15 is 0 Å². The Bertz CT molecular complexity index is 2340. The standard InChI is InChI=1S/C42H41FN4O8/c1-50-31-20-26(21-32(51-2)39(31)54-5)38(48)37-36(25-12-8-7-9-13-25)30-14-10-11-19-45-35(44-47(37)41(30)45)24-46(29-17-15-28(43)16-18-29)42(49)27-22-33(52-3)40(55-6)34(23-27)53-4/h7-9,12-13,15-18,20-23H,10-11,14,19,24H2,1-6H3. The van der Waals surface area contributed by atoms with Gasteiger partial charge in [-0.2, -0.15) is 5.10 Å². The summed E-state index contributed by atoms with van der Waals surface area (Å²) in [7, 11) is 8.94. The van der Waals surface area contributed by atoms with E-state index in [1.165, 1.54) is 59.7 Å². The summed E-state index contributed by atoms with van der Waals surface area (Å²) in [6.07, 6.45) is 2.41. The lowest BCUT2D eigenvalue weighted by Crippen LogP contribution is -2.32. The minimum atomic E-state index is -0.446. The maximum Gasteiger partial charge on any atom is 0.258 e. The molecule has 4 aromatic carbocycles. The molecule has 0 saturated heterocycles. The number of ketones is 1. The van der Waals surface area contributed by atoms with Crippen LogP contribution in [0.2, 0.25) is 0 Å². The van der Waals surface area contributed by atoms with Crippen LogP contribution >= 0.6 is 0 Å². The van der Waals surface area contributed by atoms with Gasteiger partial charge >= 0.3 is 0 Å². The largest absolute Gasteiger partial charge is 0.493 e. The number of nitrogens with zero attached hydrogens (tertiary/aromatic N) is 4. The molecule has 0 saturated carbocycles. The van der Waals surface area contributed by atoms with Crippen LogP contribution in [-0.2, 0) is 19.5 Å². The van der Waals surface area contributed by atoms with Crippen molar-refractivity contribution in [3.8, 4) is 45.6 Å². The predicted molar refractivity (Wildman–Crippen MR) is 204 cm³/mol. The molecule has 0 bridgehead atoms. The normalized spacial score (nSPS) is 12.2. The number of rotatable bonds is 13. The van der Waals surface area contributed by atoms with Crippen molar-refractivity contribution in [2.45, 2.75) is 32.4 Å². The highest BCUT2D eigenvalue weighted by Crippen LogP contribution is 2.42. The molecule has 0 aliphatic carbocycles. The molecule has 0 unspecified atom stereocenters. The molecule has 1 aliphatic heterocycles. The number of aryl methyl sites for hydroxylation is 2. The number of hydrogen-bond donors (Lipinski definition) is 0. The van der Waals surface area contributed by atoms with Crippen LogP contribution < -0.4 is 33.3 Å². The van der Waals surface area contributed by atoms with Crippen LogP contribution in [0.4, 0.5) is 10.1 Å². The van der Waals surface area contributed by atoms with E-state index in [9.17, 15) is 14.0 Å². The number of anilines is 1. The van der Waals surface area contributed by atoms with Crippen molar-refractivity contribution in [1.29, 1.82) is 0 Å². The number of benzene rings is 4. The van der Waals surface area contributed by atoms with Gasteiger partial charge in [0.1, 0.15) is 17.2 Å². The van der Waals surface area contributed by atoms with Crippen LogP contribution in [0, 0.1) is 5.82 Å². The van der Waals surface area contributed by atoms with Gasteiger partial charge in [-0.15, -0.1) is 0 Å². The maximum absolute atomic E-state index is 14.9. The number of aromatic nitrogens is 3. The predicted octanol–water partition coefficient (Wildman–Crippen LogP) is 7.41. The lowest BCUT2D eigenvalue weighted by Gasteiger charge is -2.24. The van der Waals surface area contributed by atoms with Crippen molar-refractivity contribution in [1.82, 2.24) is 14.2 Å². The number of carbonyl (C=O) groups is 2. The van der Waals surface area contributed by atoms with Gasteiger partial charge in [0.15, 0.2) is 28.8 Å². The highest BCUT2D eigenvalue weighted by atomic mass is 19.1. The second kappa shape index (κ2) is 15.5. The maximum atomic E-state index is 14.9. The first-order valence-corrected chi connectivity index (χ1v) is 17.7. The SMILES string of the molecule is COc1cc(C(=O)c2c(-c3ccccc3)c3c4n(c(CN(C(=O)c5cc(OC)c(OC)c(OC)c5)c5ccc(F)cc5)nn24)CCCC3)cc(OC)c1OC. The van der Waals surface area contributed by atoms with Gasteiger partial charge in [-0.1, -0.05) is 30.3 Å². The summed E-state index contributed by atoms with van der Waals surface area (Å²) >= 11 is 0. The topological polar surface area (TPSA) is 115 Å². The van der Waals surface area contributed by atoms with E-state index in [2.05, 4.69) is 4.57 Å². The minimum absolute atomic E-state index is 0.0132. The number of methoxy groups -OCH3 is 6. The van der Waals surface area contributed by atoms with Crippen LogP contribution in [0.5, 0.6) is 34.5 Å². The number of ether oxygens (including phenoxy) is 6. The molecular formula is C42H41FN4O8. The fourth-order valence-electron chi connectivity index (χ4n) is 7.30. The molecular weight excluding hydrogens is 707 g/mol. The van der Waals surface area contributed by atoms with Crippen molar-refractivity contribution in [2.24, 2.45) is 0 Å². The Balaban J connectivity index is 1.43. The van der Waals surface area contributed by atoms with Gasteiger partial charge in [0.05, 0.1) is 49.2 Å². The third-order valence-electron chi connectivity index (χ3n) is 9.86. The zero-order valence-electron chi connectivity index (χ0n) is 31.5. The second-order valence-corrected chi connectivity index (χ2v) is 12.9. The molecule has 0 atom stereocenters. The van der Waals surface area contributed by atoms with Crippen LogP contribution in [0.15, 0.2) is 78.9 Å². The van der Waals surface area contributed by atoms with Gasteiger partial charge in [-0.25, -0.2) is 8.91 Å². The van der Waals surface area contributed by atoms with E-state index in [0.29, 0.717) is 70.2 Å². The summed E-state index contributed by atoms with van der Waals surface area (Å²) in [4.78, 5) is 31.0.